The van der Waals surface area contributed by atoms with Crippen LogP contribution in [0.2, 0.25) is 0 Å². The third-order valence-electron chi connectivity index (χ3n) is 5.63. The predicted molar refractivity (Wildman–Crippen MR) is 117 cm³/mol. The van der Waals surface area contributed by atoms with Crippen LogP contribution in [0.3, 0.4) is 0 Å². The van der Waals surface area contributed by atoms with E-state index in [9.17, 15) is 26.7 Å². The molecule has 2 aromatic heterocycles. The average Bonchev–Trinajstić information content (AvgIpc) is 3.05. The number of fused-ring (bicyclic) bond motifs is 1. The molecule has 1 unspecified atom stereocenters. The molecule has 5 nitrogen and oxygen atoms in total. The maximum atomic E-state index is 14.0. The van der Waals surface area contributed by atoms with Crippen LogP contribution in [-0.4, -0.2) is 27.1 Å². The van der Waals surface area contributed by atoms with Gasteiger partial charge in [-0.25, -0.2) is 13.3 Å². The van der Waals surface area contributed by atoms with Crippen LogP contribution in [0.15, 0.2) is 30.3 Å². The molecule has 0 aliphatic heterocycles. The number of aromatic nitrogens is 2. The number of hydrogen-bond acceptors (Lipinski definition) is 4. The Hall–Kier alpha value is -3.01. The third-order valence-corrected chi connectivity index (χ3v) is 5.63. The summed E-state index contributed by atoms with van der Waals surface area (Å²) in [5.74, 6) is -1.61. The SMILES string of the molecule is Cc1cc(OCc2c(F)cccc2F)n2nc(C)c(C(=O)CCC(C)(N)CCC(F)(F)F)c2c1. The minimum atomic E-state index is -4.32. The molecule has 0 amide bonds. The number of halogens is 5. The van der Waals surface area contributed by atoms with Crippen molar-refractivity contribution in [1.82, 2.24) is 9.61 Å². The normalized spacial score (nSPS) is 13.8. The van der Waals surface area contributed by atoms with Crippen LogP contribution in [0.1, 0.15) is 59.8 Å². The lowest BCUT2D eigenvalue weighted by Gasteiger charge is -2.24. The van der Waals surface area contributed by atoms with Gasteiger partial charge in [0.05, 0.1) is 22.3 Å². The van der Waals surface area contributed by atoms with Crippen molar-refractivity contribution in [3.63, 3.8) is 0 Å². The lowest BCUT2D eigenvalue weighted by molar-refractivity contribution is -0.138. The Morgan fingerprint density at radius 3 is 2.35 bits per heavy atom. The molecule has 0 saturated heterocycles. The second-order valence-corrected chi connectivity index (χ2v) is 8.81. The zero-order valence-electron chi connectivity index (χ0n) is 19.1. The van der Waals surface area contributed by atoms with Gasteiger partial charge in [-0.1, -0.05) is 6.07 Å². The van der Waals surface area contributed by atoms with E-state index in [2.05, 4.69) is 5.10 Å². The molecule has 0 aliphatic carbocycles. The second kappa shape index (κ2) is 9.69. The van der Waals surface area contributed by atoms with Gasteiger partial charge in [0.25, 0.3) is 0 Å². The van der Waals surface area contributed by atoms with Crippen molar-refractivity contribution in [2.45, 2.75) is 64.8 Å². The van der Waals surface area contributed by atoms with Gasteiger partial charge in [-0.05, 0) is 57.4 Å². The van der Waals surface area contributed by atoms with E-state index in [4.69, 9.17) is 10.5 Å². The van der Waals surface area contributed by atoms with Crippen LogP contribution in [-0.2, 0) is 6.61 Å². The van der Waals surface area contributed by atoms with Crippen LogP contribution >= 0.6 is 0 Å². The quantitative estimate of drug-likeness (QED) is 0.307. The van der Waals surface area contributed by atoms with Crippen LogP contribution in [0.4, 0.5) is 22.0 Å². The fourth-order valence-corrected chi connectivity index (χ4v) is 3.70. The van der Waals surface area contributed by atoms with Gasteiger partial charge >= 0.3 is 6.18 Å². The number of nitrogens with zero attached hydrogens (tertiary/aromatic N) is 2. The number of benzene rings is 1. The van der Waals surface area contributed by atoms with Crippen molar-refractivity contribution < 1.29 is 31.5 Å². The van der Waals surface area contributed by atoms with Gasteiger partial charge in [-0.15, -0.1) is 0 Å². The molecule has 3 aromatic rings. The van der Waals surface area contributed by atoms with Gasteiger partial charge in [0.1, 0.15) is 18.2 Å². The van der Waals surface area contributed by atoms with E-state index in [1.807, 2.05) is 0 Å². The van der Waals surface area contributed by atoms with Crippen LogP contribution in [0.25, 0.3) is 5.52 Å². The number of ketones is 1. The summed E-state index contributed by atoms with van der Waals surface area (Å²) in [6.07, 6.45) is -5.62. The molecule has 0 bridgehead atoms. The number of carbonyl (C=O) groups excluding carboxylic acids is 1. The highest BCUT2D eigenvalue weighted by Gasteiger charge is 2.32. The van der Waals surface area contributed by atoms with E-state index in [1.165, 1.54) is 17.5 Å². The van der Waals surface area contributed by atoms with Gasteiger partial charge in [-0.2, -0.15) is 18.3 Å². The molecule has 2 N–H and O–H groups in total. The maximum absolute atomic E-state index is 14.0. The monoisotopic (exact) mass is 483 g/mol. The van der Waals surface area contributed by atoms with Crippen molar-refractivity contribution in [2.75, 3.05) is 0 Å². The lowest BCUT2D eigenvalue weighted by atomic mass is 9.89. The Labute approximate surface area is 193 Å². The number of alkyl halides is 3. The number of aryl methyl sites for hydroxylation is 2. The first-order chi connectivity index (χ1) is 15.8. The second-order valence-electron chi connectivity index (χ2n) is 8.81. The van der Waals surface area contributed by atoms with E-state index in [-0.39, 0.29) is 43.1 Å². The number of Topliss-reactive ketones (excluding diaryl/α,β-unsaturated/α-hetero) is 1. The van der Waals surface area contributed by atoms with Crippen LogP contribution in [0, 0.1) is 25.5 Å². The zero-order valence-corrected chi connectivity index (χ0v) is 19.1. The highest BCUT2D eigenvalue weighted by Crippen LogP contribution is 2.29. The first kappa shape index (κ1) is 25.6. The first-order valence-corrected chi connectivity index (χ1v) is 10.7. The molecule has 0 fully saturated rings. The summed E-state index contributed by atoms with van der Waals surface area (Å²) in [6, 6.07) is 6.85. The molecule has 3 rings (SSSR count). The van der Waals surface area contributed by atoms with Crippen molar-refractivity contribution in [1.29, 1.82) is 0 Å². The highest BCUT2D eigenvalue weighted by atomic mass is 19.4. The number of hydrogen-bond donors (Lipinski definition) is 1. The Morgan fingerprint density at radius 1 is 1.09 bits per heavy atom. The third kappa shape index (κ3) is 6.11. The zero-order chi connectivity index (χ0) is 25.3. The Balaban J connectivity index is 1.82. The van der Waals surface area contributed by atoms with Gasteiger partial charge in [0, 0.05) is 24.4 Å². The molecule has 1 aromatic carbocycles. The van der Waals surface area contributed by atoms with Gasteiger partial charge in [0.2, 0.25) is 5.88 Å². The molecule has 2 heterocycles. The van der Waals surface area contributed by atoms with Crippen molar-refractivity contribution in [2.24, 2.45) is 5.73 Å². The smallest absolute Gasteiger partial charge is 0.389 e. The molecule has 0 saturated carbocycles. The summed E-state index contributed by atoms with van der Waals surface area (Å²) in [4.78, 5) is 13.0. The molecule has 10 heteroatoms. The number of pyridine rings is 1. The molecule has 0 radical (unpaired) electrons. The van der Waals surface area contributed by atoms with E-state index < -0.39 is 29.8 Å². The number of nitrogens with two attached hydrogens (primary N) is 1. The van der Waals surface area contributed by atoms with Gasteiger partial charge in [0.15, 0.2) is 5.78 Å². The molecular formula is C24H26F5N3O2. The molecule has 0 aliphatic rings. The molecule has 184 valence electrons. The van der Waals surface area contributed by atoms with Gasteiger partial charge in [-0.3, -0.25) is 4.79 Å². The maximum Gasteiger partial charge on any atom is 0.389 e. The minimum Gasteiger partial charge on any atom is -0.473 e. The number of carbonyl (C=O) groups is 1. The average molecular weight is 483 g/mol. The number of ether oxygens (including phenoxy) is 1. The Kier molecular flexibility index (Phi) is 7.30. The lowest BCUT2D eigenvalue weighted by Crippen LogP contribution is -2.37. The highest BCUT2D eigenvalue weighted by molar-refractivity contribution is 6.03. The van der Waals surface area contributed by atoms with E-state index in [0.29, 0.717) is 16.8 Å². The van der Waals surface area contributed by atoms with Crippen molar-refractivity contribution in [3.05, 3.63) is 64.4 Å². The van der Waals surface area contributed by atoms with Gasteiger partial charge < -0.3 is 10.5 Å². The number of rotatable bonds is 9. The largest absolute Gasteiger partial charge is 0.473 e. The summed E-state index contributed by atoms with van der Waals surface area (Å²) in [7, 11) is 0. The topological polar surface area (TPSA) is 69.6 Å². The minimum absolute atomic E-state index is 0.0579. The Morgan fingerprint density at radius 2 is 1.74 bits per heavy atom. The summed E-state index contributed by atoms with van der Waals surface area (Å²) >= 11 is 0. The van der Waals surface area contributed by atoms with Crippen molar-refractivity contribution in [3.8, 4) is 5.88 Å². The standard InChI is InChI=1S/C24H26F5N3O2/c1-14-11-19-22(20(33)7-8-23(3,30)9-10-24(27,28)29)15(2)31-32(19)21(12-14)34-13-16-17(25)5-4-6-18(16)26/h4-6,11-12H,7-10,13,30H2,1-3H3. The molecule has 1 atom stereocenters. The predicted octanol–water partition coefficient (Wildman–Crippen LogP) is 5.83. The fraction of sp³-hybridized carbons (Fsp3) is 0.417. The summed E-state index contributed by atoms with van der Waals surface area (Å²) < 4.78 is 72.6. The van der Waals surface area contributed by atoms with E-state index >= 15 is 0 Å². The molecule has 34 heavy (non-hydrogen) atoms. The van der Waals surface area contributed by atoms with E-state index in [1.54, 1.807) is 26.0 Å². The van der Waals surface area contributed by atoms with E-state index in [0.717, 1.165) is 17.7 Å². The summed E-state index contributed by atoms with van der Waals surface area (Å²) in [5.41, 5.74) is 6.45. The van der Waals surface area contributed by atoms with Crippen LogP contribution < -0.4 is 10.5 Å². The summed E-state index contributed by atoms with van der Waals surface area (Å²) in [6.45, 7) is 4.50. The summed E-state index contributed by atoms with van der Waals surface area (Å²) in [5, 5.41) is 4.35. The molecule has 0 spiro atoms. The fourth-order valence-electron chi connectivity index (χ4n) is 3.70. The molecular weight excluding hydrogens is 457 g/mol. The van der Waals surface area contributed by atoms with Crippen molar-refractivity contribution >= 4 is 11.3 Å². The van der Waals surface area contributed by atoms with Crippen LogP contribution in [0.5, 0.6) is 5.88 Å². The first-order valence-electron chi connectivity index (χ1n) is 10.7. The Bertz CT molecular complexity index is 1180.